The third-order valence-electron chi connectivity index (χ3n) is 3.92. The zero-order valence-corrected chi connectivity index (χ0v) is 12.0. The lowest BCUT2D eigenvalue weighted by atomic mass is 9.82. The molecule has 1 aromatic rings. The van der Waals surface area contributed by atoms with Crippen LogP contribution in [-0.2, 0) is 0 Å². The van der Waals surface area contributed by atoms with Gasteiger partial charge in [0.15, 0.2) is 0 Å². The Morgan fingerprint density at radius 2 is 2.12 bits per heavy atom. The molecule has 96 valence electrons. The van der Waals surface area contributed by atoms with Crippen LogP contribution in [0.4, 0.5) is 0 Å². The zero-order chi connectivity index (χ0) is 12.1. The van der Waals surface area contributed by atoms with Gasteiger partial charge in [0.1, 0.15) is 0 Å². The molecule has 1 unspecified atom stereocenters. The Bertz CT molecular complexity index is 325. The highest BCUT2D eigenvalue weighted by atomic mass is 32.1. The highest BCUT2D eigenvalue weighted by Crippen LogP contribution is 2.37. The van der Waals surface area contributed by atoms with E-state index >= 15 is 0 Å². The number of hydrogen-bond acceptors (Lipinski definition) is 2. The molecule has 17 heavy (non-hydrogen) atoms. The average Bonchev–Trinajstić information content (AvgIpc) is 2.78. The van der Waals surface area contributed by atoms with Gasteiger partial charge in [0.05, 0.1) is 0 Å². The van der Waals surface area contributed by atoms with Gasteiger partial charge in [0.25, 0.3) is 0 Å². The first kappa shape index (κ1) is 13.1. The molecule has 0 aliphatic heterocycles. The average molecular weight is 251 g/mol. The lowest BCUT2D eigenvalue weighted by Gasteiger charge is -2.31. The largest absolute Gasteiger partial charge is 0.309 e. The Hall–Kier alpha value is -0.340. The minimum Gasteiger partial charge on any atom is -0.309 e. The summed E-state index contributed by atoms with van der Waals surface area (Å²) < 4.78 is 0. The van der Waals surface area contributed by atoms with Crippen molar-refractivity contribution in [1.29, 1.82) is 0 Å². The molecular weight excluding hydrogens is 226 g/mol. The van der Waals surface area contributed by atoms with Crippen molar-refractivity contribution in [3.63, 3.8) is 0 Å². The number of hydrogen-bond donors (Lipinski definition) is 1. The van der Waals surface area contributed by atoms with Gasteiger partial charge >= 0.3 is 0 Å². The van der Waals surface area contributed by atoms with E-state index in [0.29, 0.717) is 6.04 Å². The third kappa shape index (κ3) is 3.32. The van der Waals surface area contributed by atoms with Gasteiger partial charge in [-0.3, -0.25) is 0 Å². The van der Waals surface area contributed by atoms with Gasteiger partial charge in [-0.1, -0.05) is 26.2 Å². The van der Waals surface area contributed by atoms with Crippen molar-refractivity contribution in [3.05, 3.63) is 21.9 Å². The maximum Gasteiger partial charge on any atom is 0.0446 e. The smallest absolute Gasteiger partial charge is 0.0446 e. The van der Waals surface area contributed by atoms with E-state index in [-0.39, 0.29) is 0 Å². The normalized spacial score (nSPS) is 19.4. The monoisotopic (exact) mass is 251 g/mol. The number of nitrogens with one attached hydrogen (secondary N) is 1. The van der Waals surface area contributed by atoms with Crippen LogP contribution in [0, 0.1) is 12.8 Å². The second-order valence-electron chi connectivity index (χ2n) is 5.30. The summed E-state index contributed by atoms with van der Waals surface area (Å²) in [5.41, 5.74) is 1.48. The van der Waals surface area contributed by atoms with Crippen LogP contribution in [0.25, 0.3) is 0 Å². The van der Waals surface area contributed by atoms with Gasteiger partial charge in [0, 0.05) is 10.9 Å². The third-order valence-corrected chi connectivity index (χ3v) is 5.02. The lowest BCUT2D eigenvalue weighted by Crippen LogP contribution is -2.30. The van der Waals surface area contributed by atoms with Crippen molar-refractivity contribution >= 4 is 11.3 Å². The first-order chi connectivity index (χ1) is 8.33. The molecule has 1 N–H and O–H groups in total. The van der Waals surface area contributed by atoms with Crippen LogP contribution in [0.2, 0.25) is 0 Å². The predicted molar refractivity (Wildman–Crippen MR) is 76.7 cm³/mol. The fourth-order valence-corrected chi connectivity index (χ4v) is 4.04. The van der Waals surface area contributed by atoms with Gasteiger partial charge in [-0.2, -0.15) is 0 Å². The van der Waals surface area contributed by atoms with Crippen molar-refractivity contribution in [2.45, 2.75) is 58.4 Å². The zero-order valence-electron chi connectivity index (χ0n) is 11.2. The van der Waals surface area contributed by atoms with E-state index in [4.69, 9.17) is 0 Å². The Balaban J connectivity index is 2.09. The molecular formula is C15H25NS. The van der Waals surface area contributed by atoms with Crippen molar-refractivity contribution < 1.29 is 0 Å². The molecule has 0 radical (unpaired) electrons. The van der Waals surface area contributed by atoms with Crippen molar-refractivity contribution in [2.24, 2.45) is 5.92 Å². The summed E-state index contributed by atoms with van der Waals surface area (Å²) in [7, 11) is 0. The highest BCUT2D eigenvalue weighted by Gasteiger charge is 2.26. The van der Waals surface area contributed by atoms with Gasteiger partial charge in [0.2, 0.25) is 0 Å². The molecule has 1 nitrogen and oxygen atoms in total. The molecule has 1 aliphatic carbocycles. The molecule has 0 saturated heterocycles. The SMILES string of the molecule is CCCNC(c1sccc1C)C1CCCCC1. The number of rotatable bonds is 5. The second-order valence-corrected chi connectivity index (χ2v) is 6.25. The topological polar surface area (TPSA) is 12.0 Å². The van der Waals surface area contributed by atoms with E-state index in [1.807, 2.05) is 11.3 Å². The van der Waals surface area contributed by atoms with Gasteiger partial charge < -0.3 is 5.32 Å². The fourth-order valence-electron chi connectivity index (χ4n) is 2.94. The Labute approximate surface area is 110 Å². The Kier molecular flexibility index (Phi) is 5.05. The predicted octanol–water partition coefficient (Wildman–Crippen LogP) is 4.68. The number of thiophene rings is 1. The molecule has 1 fully saturated rings. The second kappa shape index (κ2) is 6.55. The van der Waals surface area contributed by atoms with Crippen LogP contribution in [0.3, 0.4) is 0 Å². The molecule has 2 rings (SSSR count). The first-order valence-corrected chi connectivity index (χ1v) is 7.98. The molecule has 0 bridgehead atoms. The summed E-state index contributed by atoms with van der Waals surface area (Å²) in [6, 6.07) is 2.89. The minimum absolute atomic E-state index is 0.621. The molecule has 1 aromatic heterocycles. The standard InChI is InChI=1S/C15H25NS/c1-3-10-16-14(13-7-5-4-6-8-13)15-12(2)9-11-17-15/h9,11,13-14,16H,3-8,10H2,1-2H3. The Morgan fingerprint density at radius 3 is 2.71 bits per heavy atom. The van der Waals surface area contributed by atoms with Gasteiger partial charge in [-0.05, 0) is 55.7 Å². The lowest BCUT2D eigenvalue weighted by molar-refractivity contribution is 0.274. The van der Waals surface area contributed by atoms with Crippen LogP contribution < -0.4 is 5.32 Å². The Morgan fingerprint density at radius 1 is 1.35 bits per heavy atom. The maximum atomic E-state index is 3.79. The molecule has 1 atom stereocenters. The van der Waals surface area contributed by atoms with Crippen LogP contribution in [-0.4, -0.2) is 6.54 Å². The van der Waals surface area contributed by atoms with Crippen LogP contribution in [0.5, 0.6) is 0 Å². The molecule has 1 heterocycles. The maximum absolute atomic E-state index is 3.79. The first-order valence-electron chi connectivity index (χ1n) is 7.10. The van der Waals surface area contributed by atoms with Gasteiger partial charge in [-0.25, -0.2) is 0 Å². The van der Waals surface area contributed by atoms with E-state index in [9.17, 15) is 0 Å². The summed E-state index contributed by atoms with van der Waals surface area (Å²) >= 11 is 1.94. The number of aryl methyl sites for hydroxylation is 1. The molecule has 0 amide bonds. The van der Waals surface area contributed by atoms with Crippen molar-refractivity contribution in [3.8, 4) is 0 Å². The minimum atomic E-state index is 0.621. The van der Waals surface area contributed by atoms with Crippen molar-refractivity contribution in [1.82, 2.24) is 5.32 Å². The summed E-state index contributed by atoms with van der Waals surface area (Å²) in [5.74, 6) is 0.868. The molecule has 1 saturated carbocycles. The summed E-state index contributed by atoms with van der Waals surface area (Å²) in [6.45, 7) is 5.67. The quantitative estimate of drug-likeness (QED) is 0.801. The van der Waals surface area contributed by atoms with Crippen molar-refractivity contribution in [2.75, 3.05) is 6.54 Å². The van der Waals surface area contributed by atoms with E-state index in [1.54, 1.807) is 4.88 Å². The highest BCUT2D eigenvalue weighted by molar-refractivity contribution is 7.10. The van der Waals surface area contributed by atoms with Crippen LogP contribution in [0.15, 0.2) is 11.4 Å². The summed E-state index contributed by atoms with van der Waals surface area (Å²) in [4.78, 5) is 1.59. The molecule has 0 spiro atoms. The fraction of sp³-hybridized carbons (Fsp3) is 0.733. The summed E-state index contributed by atoms with van der Waals surface area (Å²) in [5, 5.41) is 6.04. The van der Waals surface area contributed by atoms with Gasteiger partial charge in [-0.15, -0.1) is 11.3 Å². The van der Waals surface area contributed by atoms with Crippen LogP contribution in [0.1, 0.15) is 61.9 Å². The van der Waals surface area contributed by atoms with E-state index in [1.165, 1.54) is 44.1 Å². The van der Waals surface area contributed by atoms with E-state index in [2.05, 4.69) is 30.6 Å². The van der Waals surface area contributed by atoms with E-state index < -0.39 is 0 Å². The van der Waals surface area contributed by atoms with E-state index in [0.717, 1.165) is 12.5 Å². The van der Waals surface area contributed by atoms with Crippen LogP contribution >= 0.6 is 11.3 Å². The molecule has 1 aliphatic rings. The molecule has 2 heteroatoms. The molecule has 0 aromatic carbocycles. The summed E-state index contributed by atoms with van der Waals surface area (Å²) in [6.07, 6.45) is 8.37.